The van der Waals surface area contributed by atoms with Crippen LogP contribution >= 0.6 is 15.9 Å². The quantitative estimate of drug-likeness (QED) is 0.685. The Morgan fingerprint density at radius 2 is 1.26 bits per heavy atom. The Morgan fingerprint density at radius 3 is 1.74 bits per heavy atom. The average molecular weight is 473 g/mol. The third-order valence-corrected chi connectivity index (χ3v) is 9.03. The summed E-state index contributed by atoms with van der Waals surface area (Å²) in [7, 11) is -7.29. The number of hydrogen-bond acceptors (Lipinski definition) is 4. The van der Waals surface area contributed by atoms with E-state index in [2.05, 4.69) is 15.9 Å². The number of nitrogens with zero attached hydrogens (tertiary/aromatic N) is 2. The van der Waals surface area contributed by atoms with Gasteiger partial charge in [-0.15, -0.1) is 0 Å². The van der Waals surface area contributed by atoms with Crippen LogP contribution in [0.4, 0.5) is 0 Å². The van der Waals surface area contributed by atoms with E-state index in [9.17, 15) is 16.8 Å². The molecule has 0 unspecified atom stereocenters. The molecule has 27 heavy (non-hydrogen) atoms. The van der Waals surface area contributed by atoms with Gasteiger partial charge in [0.2, 0.25) is 20.0 Å². The Balaban J connectivity index is 1.77. The molecule has 0 bridgehead atoms. The van der Waals surface area contributed by atoms with E-state index in [-0.39, 0.29) is 36.0 Å². The van der Waals surface area contributed by atoms with Crippen molar-refractivity contribution in [3.8, 4) is 0 Å². The largest absolute Gasteiger partial charge is 0.243 e. The highest BCUT2D eigenvalue weighted by molar-refractivity contribution is 9.10. The molecule has 2 aromatic carbocycles. The first-order valence-corrected chi connectivity index (χ1v) is 12.1. The molecule has 1 aliphatic rings. The van der Waals surface area contributed by atoms with Gasteiger partial charge < -0.3 is 0 Å². The van der Waals surface area contributed by atoms with Gasteiger partial charge in [0.05, 0.1) is 9.79 Å². The highest BCUT2D eigenvalue weighted by Crippen LogP contribution is 2.24. The molecule has 2 aromatic rings. The first-order valence-electron chi connectivity index (χ1n) is 8.45. The van der Waals surface area contributed by atoms with Gasteiger partial charge in [0.1, 0.15) is 0 Å². The lowest BCUT2D eigenvalue weighted by Crippen LogP contribution is -2.50. The SMILES string of the molecule is Cc1ccc(S(=O)(=O)N2CCN(S(=O)(=O)c3cccc(Br)c3)CC2)cc1C. The molecular formula is C18H21BrN2O4S2. The topological polar surface area (TPSA) is 74.8 Å². The maximum absolute atomic E-state index is 12.9. The molecule has 0 amide bonds. The Morgan fingerprint density at radius 1 is 0.741 bits per heavy atom. The predicted molar refractivity (Wildman–Crippen MR) is 108 cm³/mol. The van der Waals surface area contributed by atoms with Crippen LogP contribution in [-0.4, -0.2) is 51.6 Å². The van der Waals surface area contributed by atoms with Gasteiger partial charge in [0, 0.05) is 30.7 Å². The van der Waals surface area contributed by atoms with Gasteiger partial charge in [0.25, 0.3) is 0 Å². The van der Waals surface area contributed by atoms with Crippen molar-refractivity contribution in [3.05, 3.63) is 58.1 Å². The fourth-order valence-electron chi connectivity index (χ4n) is 2.95. The molecule has 0 N–H and O–H groups in total. The number of halogens is 1. The number of piperazine rings is 1. The van der Waals surface area contributed by atoms with Crippen molar-refractivity contribution in [2.45, 2.75) is 23.6 Å². The van der Waals surface area contributed by atoms with Crippen LogP contribution in [0, 0.1) is 13.8 Å². The molecule has 0 saturated carbocycles. The van der Waals surface area contributed by atoms with Crippen LogP contribution in [-0.2, 0) is 20.0 Å². The van der Waals surface area contributed by atoms with Gasteiger partial charge in [-0.3, -0.25) is 0 Å². The third kappa shape index (κ3) is 4.12. The maximum atomic E-state index is 12.9. The van der Waals surface area contributed by atoms with E-state index < -0.39 is 20.0 Å². The van der Waals surface area contributed by atoms with Crippen LogP contribution in [0.3, 0.4) is 0 Å². The lowest BCUT2D eigenvalue weighted by Gasteiger charge is -2.33. The summed E-state index contributed by atoms with van der Waals surface area (Å²) in [5, 5.41) is 0. The van der Waals surface area contributed by atoms with E-state index in [4.69, 9.17) is 0 Å². The smallest absolute Gasteiger partial charge is 0.207 e. The molecule has 1 heterocycles. The van der Waals surface area contributed by atoms with E-state index >= 15 is 0 Å². The predicted octanol–water partition coefficient (Wildman–Crippen LogP) is 2.76. The summed E-state index contributed by atoms with van der Waals surface area (Å²) < 4.78 is 54.7. The molecule has 0 aromatic heterocycles. The molecule has 0 aliphatic carbocycles. The number of sulfonamides is 2. The number of benzene rings is 2. The third-order valence-electron chi connectivity index (χ3n) is 4.75. The van der Waals surface area contributed by atoms with Gasteiger partial charge in [-0.25, -0.2) is 16.8 Å². The van der Waals surface area contributed by atoms with Crippen molar-refractivity contribution in [2.24, 2.45) is 0 Å². The van der Waals surface area contributed by atoms with E-state index in [1.165, 1.54) is 14.7 Å². The second-order valence-electron chi connectivity index (χ2n) is 6.51. The fourth-order valence-corrected chi connectivity index (χ4v) is 6.48. The number of hydrogen-bond donors (Lipinski definition) is 0. The second-order valence-corrected chi connectivity index (χ2v) is 11.3. The first kappa shape index (κ1) is 20.5. The van der Waals surface area contributed by atoms with Crippen LogP contribution < -0.4 is 0 Å². The van der Waals surface area contributed by atoms with Crippen molar-refractivity contribution >= 4 is 36.0 Å². The molecule has 6 nitrogen and oxygen atoms in total. The number of rotatable bonds is 4. The zero-order chi connectivity index (χ0) is 19.8. The minimum Gasteiger partial charge on any atom is -0.207 e. The van der Waals surface area contributed by atoms with Gasteiger partial charge in [0.15, 0.2) is 0 Å². The standard InChI is InChI=1S/C18H21BrN2O4S2/c1-14-6-7-18(12-15(14)2)27(24,25)21-10-8-20(9-11-21)26(22,23)17-5-3-4-16(19)13-17/h3-7,12-13H,8-11H2,1-2H3. The summed E-state index contributed by atoms with van der Waals surface area (Å²) in [5.41, 5.74) is 1.94. The normalized spacial score (nSPS) is 17.1. The van der Waals surface area contributed by atoms with E-state index in [0.29, 0.717) is 4.47 Å². The molecule has 1 aliphatic heterocycles. The van der Waals surface area contributed by atoms with Crippen molar-refractivity contribution in [3.63, 3.8) is 0 Å². The molecule has 1 fully saturated rings. The molecule has 146 valence electrons. The summed E-state index contributed by atoms with van der Waals surface area (Å²) in [5.74, 6) is 0. The highest BCUT2D eigenvalue weighted by Gasteiger charge is 2.33. The van der Waals surface area contributed by atoms with Gasteiger partial charge >= 0.3 is 0 Å². The van der Waals surface area contributed by atoms with Crippen molar-refractivity contribution in [1.29, 1.82) is 0 Å². The molecule has 9 heteroatoms. The van der Waals surface area contributed by atoms with Crippen molar-refractivity contribution < 1.29 is 16.8 Å². The summed E-state index contributed by atoms with van der Waals surface area (Å²) in [4.78, 5) is 0.441. The molecule has 1 saturated heterocycles. The van der Waals surface area contributed by atoms with E-state index in [0.717, 1.165) is 11.1 Å². The molecule has 0 radical (unpaired) electrons. The molecule has 0 atom stereocenters. The number of aryl methyl sites for hydroxylation is 2. The summed E-state index contributed by atoms with van der Waals surface area (Å²) in [6.07, 6.45) is 0. The zero-order valence-corrected chi connectivity index (χ0v) is 18.3. The molecule has 0 spiro atoms. The Bertz CT molecular complexity index is 1060. The minimum atomic E-state index is -3.65. The van der Waals surface area contributed by atoms with Crippen LogP contribution in [0.5, 0.6) is 0 Å². The summed E-state index contributed by atoms with van der Waals surface area (Å²) in [6, 6.07) is 11.6. The minimum absolute atomic E-state index is 0.124. The Kier molecular flexibility index (Phi) is 5.79. The zero-order valence-electron chi connectivity index (χ0n) is 15.1. The lowest BCUT2D eigenvalue weighted by atomic mass is 10.1. The fraction of sp³-hybridized carbons (Fsp3) is 0.333. The second kappa shape index (κ2) is 7.63. The van der Waals surface area contributed by atoms with Crippen LogP contribution in [0.2, 0.25) is 0 Å². The van der Waals surface area contributed by atoms with Crippen LogP contribution in [0.1, 0.15) is 11.1 Å². The van der Waals surface area contributed by atoms with Crippen molar-refractivity contribution in [2.75, 3.05) is 26.2 Å². The van der Waals surface area contributed by atoms with Crippen LogP contribution in [0.15, 0.2) is 56.7 Å². The van der Waals surface area contributed by atoms with E-state index in [1.54, 1.807) is 36.4 Å². The lowest BCUT2D eigenvalue weighted by molar-refractivity contribution is 0.273. The van der Waals surface area contributed by atoms with Gasteiger partial charge in [-0.05, 0) is 55.3 Å². The maximum Gasteiger partial charge on any atom is 0.243 e. The highest BCUT2D eigenvalue weighted by atomic mass is 79.9. The summed E-state index contributed by atoms with van der Waals surface area (Å²) >= 11 is 3.28. The van der Waals surface area contributed by atoms with Gasteiger partial charge in [-0.1, -0.05) is 28.1 Å². The average Bonchev–Trinajstić information content (AvgIpc) is 2.64. The Hall–Kier alpha value is -1.26. The Labute approximate surface area is 169 Å². The molecular weight excluding hydrogens is 452 g/mol. The monoisotopic (exact) mass is 472 g/mol. The van der Waals surface area contributed by atoms with E-state index in [1.807, 2.05) is 13.8 Å². The van der Waals surface area contributed by atoms with Gasteiger partial charge in [-0.2, -0.15) is 8.61 Å². The summed E-state index contributed by atoms with van der Waals surface area (Å²) in [6.45, 7) is 4.30. The van der Waals surface area contributed by atoms with Crippen molar-refractivity contribution in [1.82, 2.24) is 8.61 Å². The molecule has 3 rings (SSSR count). The first-order chi connectivity index (χ1) is 12.6. The van der Waals surface area contributed by atoms with Crippen LogP contribution in [0.25, 0.3) is 0 Å².